The average Bonchev–Trinajstić information content (AvgIpc) is 2.69. The normalized spacial score (nSPS) is 15.1. The number of aliphatic hydroxyl groups excluding tert-OH is 3. The van der Waals surface area contributed by atoms with Gasteiger partial charge in [0.2, 0.25) is 8.32 Å². The van der Waals surface area contributed by atoms with E-state index in [4.69, 9.17) is 38.4 Å². The Morgan fingerprint density at radius 1 is 1.10 bits per heavy atom. The molecule has 0 aliphatic rings. The first-order valence-electron chi connectivity index (χ1n) is 10.4. The second-order valence-corrected chi connectivity index (χ2v) is 21.5. The third-order valence-electron chi connectivity index (χ3n) is 4.45. The standard InChI is InChI=1S/C14H34O5Si4.C4H11NO3/c1-10-13(16-14(15)11(2)3)20-18-23(8,9)12(4)17-21-19-22(5,6)7;5-4(1-6,2-7)3-8/h12-13H,2,10,20-21H2,1,3-9H3;6-8H,1-3,5H2/t12?,13-;/m0./s1. The van der Waals surface area contributed by atoms with E-state index in [1.165, 1.54) is 0 Å². The molecule has 0 aromatic rings. The topological polar surface area (TPSA) is 141 Å². The van der Waals surface area contributed by atoms with Crippen LogP contribution in [0.3, 0.4) is 0 Å². The van der Waals surface area contributed by atoms with Gasteiger partial charge in [-0.05, 0) is 53.0 Å². The van der Waals surface area contributed by atoms with Crippen molar-refractivity contribution in [1.82, 2.24) is 0 Å². The summed E-state index contributed by atoms with van der Waals surface area (Å²) in [6, 6.07) is 0. The van der Waals surface area contributed by atoms with Crippen molar-refractivity contribution in [2.75, 3.05) is 19.8 Å². The number of nitrogens with two attached hydrogens (primary N) is 1. The summed E-state index contributed by atoms with van der Waals surface area (Å²) in [7, 11) is -5.39. The van der Waals surface area contributed by atoms with Crippen LogP contribution in [0.2, 0.25) is 32.7 Å². The number of aliphatic hydroxyl groups is 3. The highest BCUT2D eigenvalue weighted by molar-refractivity contribution is 6.77. The van der Waals surface area contributed by atoms with E-state index in [2.05, 4.69) is 46.2 Å². The molecule has 9 nitrogen and oxygen atoms in total. The summed E-state index contributed by atoms with van der Waals surface area (Å²) < 4.78 is 23.5. The molecule has 2 atom stereocenters. The average molecular weight is 516 g/mol. The highest BCUT2D eigenvalue weighted by Crippen LogP contribution is 2.15. The van der Waals surface area contributed by atoms with E-state index in [0.717, 1.165) is 6.42 Å². The Bertz CT molecular complexity index is 519. The molecule has 0 rings (SSSR count). The van der Waals surface area contributed by atoms with Gasteiger partial charge in [0, 0.05) is 5.57 Å². The van der Waals surface area contributed by atoms with Crippen LogP contribution in [0.1, 0.15) is 27.2 Å². The number of ether oxygens (including phenoxy) is 1. The monoisotopic (exact) mass is 515 g/mol. The molecule has 0 aromatic heterocycles. The van der Waals surface area contributed by atoms with Crippen molar-refractivity contribution in [3.63, 3.8) is 0 Å². The number of carbonyl (C=O) groups is 1. The van der Waals surface area contributed by atoms with E-state index in [0.29, 0.717) is 5.57 Å². The van der Waals surface area contributed by atoms with Crippen molar-refractivity contribution >= 4 is 42.4 Å². The molecule has 0 spiro atoms. The van der Waals surface area contributed by atoms with Crippen LogP contribution in [0.4, 0.5) is 0 Å². The zero-order valence-corrected chi connectivity index (χ0v) is 25.4. The maximum atomic E-state index is 11.6. The minimum atomic E-state index is -1.96. The number of rotatable bonds is 14. The predicted octanol–water partition coefficient (Wildman–Crippen LogP) is -0.397. The van der Waals surface area contributed by atoms with Gasteiger partial charge < -0.3 is 38.4 Å². The van der Waals surface area contributed by atoms with Gasteiger partial charge in [-0.3, -0.25) is 0 Å². The summed E-state index contributed by atoms with van der Waals surface area (Å²) >= 11 is 0. The van der Waals surface area contributed by atoms with Gasteiger partial charge in [-0.2, -0.15) is 0 Å². The fourth-order valence-corrected chi connectivity index (χ4v) is 9.13. The number of esters is 1. The van der Waals surface area contributed by atoms with E-state index in [-0.39, 0.29) is 17.4 Å². The minimum absolute atomic E-state index is 0.0902. The van der Waals surface area contributed by atoms with Crippen molar-refractivity contribution < 1.29 is 37.5 Å². The van der Waals surface area contributed by atoms with Gasteiger partial charge in [-0.15, -0.1) is 0 Å². The highest BCUT2D eigenvalue weighted by atomic mass is 28.4. The lowest BCUT2D eigenvalue weighted by molar-refractivity contribution is -0.141. The fraction of sp³-hybridized carbons (Fsp3) is 0.833. The molecule has 0 aliphatic carbocycles. The fourth-order valence-electron chi connectivity index (χ4n) is 1.58. The van der Waals surface area contributed by atoms with Crippen LogP contribution >= 0.6 is 0 Å². The van der Waals surface area contributed by atoms with Crippen LogP contribution in [-0.4, -0.2) is 94.5 Å². The second-order valence-electron chi connectivity index (χ2n) is 9.15. The van der Waals surface area contributed by atoms with Crippen LogP contribution < -0.4 is 5.73 Å². The Balaban J connectivity index is 0. The van der Waals surface area contributed by atoms with Gasteiger partial charge in [0.15, 0.2) is 18.1 Å². The van der Waals surface area contributed by atoms with Gasteiger partial charge >= 0.3 is 5.97 Å². The zero-order valence-electron chi connectivity index (χ0n) is 20.6. The van der Waals surface area contributed by atoms with E-state index in [1.807, 2.05) is 6.92 Å². The van der Waals surface area contributed by atoms with E-state index < -0.39 is 61.8 Å². The van der Waals surface area contributed by atoms with Crippen molar-refractivity contribution in [2.45, 2.75) is 76.9 Å². The van der Waals surface area contributed by atoms with Crippen LogP contribution in [-0.2, 0) is 22.2 Å². The first-order valence-corrected chi connectivity index (χ1v) is 19.4. The van der Waals surface area contributed by atoms with Gasteiger partial charge in [-0.25, -0.2) is 4.79 Å². The van der Waals surface area contributed by atoms with Crippen LogP contribution in [0.25, 0.3) is 0 Å². The summed E-state index contributed by atoms with van der Waals surface area (Å²) in [5.74, 6) is -0.326. The lowest BCUT2D eigenvalue weighted by Gasteiger charge is -2.32. The van der Waals surface area contributed by atoms with Gasteiger partial charge in [0.05, 0.1) is 31.1 Å². The molecule has 31 heavy (non-hydrogen) atoms. The van der Waals surface area contributed by atoms with Crippen LogP contribution in [0, 0.1) is 0 Å². The first kappa shape index (κ1) is 33.0. The molecule has 0 saturated carbocycles. The number of hydrogen-bond acceptors (Lipinski definition) is 9. The predicted molar refractivity (Wildman–Crippen MR) is 134 cm³/mol. The van der Waals surface area contributed by atoms with Crippen molar-refractivity contribution in [3.8, 4) is 0 Å². The molecule has 0 aromatic carbocycles. The Kier molecular flexibility index (Phi) is 16.6. The molecule has 186 valence electrons. The highest BCUT2D eigenvalue weighted by Gasteiger charge is 2.32. The van der Waals surface area contributed by atoms with E-state index in [9.17, 15) is 4.79 Å². The largest absolute Gasteiger partial charge is 0.461 e. The van der Waals surface area contributed by atoms with Crippen molar-refractivity contribution in [3.05, 3.63) is 12.2 Å². The molecule has 0 fully saturated rings. The third kappa shape index (κ3) is 16.1. The number of carbonyl (C=O) groups excluding carboxylic acids is 1. The van der Waals surface area contributed by atoms with Crippen LogP contribution in [0.5, 0.6) is 0 Å². The molecule has 0 saturated heterocycles. The third-order valence-corrected chi connectivity index (χ3v) is 16.2. The Morgan fingerprint density at radius 2 is 1.58 bits per heavy atom. The molecule has 0 amide bonds. The quantitative estimate of drug-likeness (QED) is 0.138. The van der Waals surface area contributed by atoms with Gasteiger partial charge in [-0.1, -0.05) is 13.5 Å². The molecule has 0 aliphatic heterocycles. The molecule has 13 heteroatoms. The Morgan fingerprint density at radius 3 is 1.90 bits per heavy atom. The number of hydrogen-bond donors (Lipinski definition) is 4. The molecular weight excluding hydrogens is 471 g/mol. The summed E-state index contributed by atoms with van der Waals surface area (Å²) in [5.41, 5.74) is 4.36. The van der Waals surface area contributed by atoms with Gasteiger partial charge in [0.25, 0.3) is 10.0 Å². The maximum Gasteiger partial charge on any atom is 0.333 e. The summed E-state index contributed by atoms with van der Waals surface area (Å²) in [6.07, 6.45) is 0.776. The zero-order chi connectivity index (χ0) is 24.9. The molecule has 0 bridgehead atoms. The van der Waals surface area contributed by atoms with Crippen molar-refractivity contribution in [2.24, 2.45) is 5.73 Å². The SMILES string of the molecule is C=C(C)C(=O)O[C@H](CC)[SiH2]O[Si](C)(C)C(C)O[SiH2]O[Si](C)(C)C.NC(CO)(CO)CO. The lowest BCUT2D eigenvalue weighted by Crippen LogP contribution is -2.50. The minimum Gasteiger partial charge on any atom is -0.461 e. The summed E-state index contributed by atoms with van der Waals surface area (Å²) in [6.45, 7) is 19.0. The van der Waals surface area contributed by atoms with Crippen molar-refractivity contribution in [1.29, 1.82) is 0 Å². The van der Waals surface area contributed by atoms with Crippen LogP contribution in [0.15, 0.2) is 12.2 Å². The molecule has 5 N–H and O–H groups in total. The lowest BCUT2D eigenvalue weighted by atomic mass is 10.1. The molecule has 0 heterocycles. The second kappa shape index (κ2) is 15.6. The van der Waals surface area contributed by atoms with E-state index in [1.54, 1.807) is 6.92 Å². The molecule has 0 radical (unpaired) electrons. The molecule has 1 unspecified atom stereocenters. The Labute approximate surface area is 194 Å². The first-order chi connectivity index (χ1) is 14.1. The summed E-state index contributed by atoms with van der Waals surface area (Å²) in [5, 5.41) is 25.0. The maximum absolute atomic E-state index is 11.6. The smallest absolute Gasteiger partial charge is 0.333 e. The van der Waals surface area contributed by atoms with Gasteiger partial charge in [0.1, 0.15) is 5.73 Å². The summed E-state index contributed by atoms with van der Waals surface area (Å²) in [4.78, 5) is 11.6. The molecular formula is C18H45NO8Si4. The van der Waals surface area contributed by atoms with E-state index >= 15 is 0 Å². The Hall–Kier alpha value is -0.202.